The van der Waals surface area contributed by atoms with Gasteiger partial charge >= 0.3 is 6.09 Å². The molecule has 1 aliphatic carbocycles. The molecule has 1 amide bonds. The maximum atomic E-state index is 12.6. The number of ether oxygens (including phenoxy) is 5. The standard InChI is InChI=1S/C38H50N6O6/c1-46-28-49-34-10-6-5-9-31(34)32-23-33(35(39)41-40-32)43-17-13-38(14-18-43)27-42(20-22-50-38)19-21-47-30-24-37(25-30)11-15-44(16-12-37)36(45)48-26-29-7-3-2-4-8-29/h2-10,23,30H,11-22,24-28H2,1H3,(H2,39,41). The zero-order chi connectivity index (χ0) is 34.4. The summed E-state index contributed by atoms with van der Waals surface area (Å²) in [6.45, 7) is 7.87. The minimum absolute atomic E-state index is 0.154. The van der Waals surface area contributed by atoms with Crippen LogP contribution in [0.3, 0.4) is 0 Å². The zero-order valence-corrected chi connectivity index (χ0v) is 29.1. The molecule has 7 rings (SSSR count). The highest BCUT2D eigenvalue weighted by molar-refractivity contribution is 5.74. The molecule has 4 fully saturated rings. The van der Waals surface area contributed by atoms with E-state index in [4.69, 9.17) is 29.4 Å². The van der Waals surface area contributed by atoms with Crippen molar-refractivity contribution in [2.24, 2.45) is 5.41 Å². The van der Waals surface area contributed by atoms with Crippen LogP contribution >= 0.6 is 0 Å². The minimum atomic E-state index is -0.205. The Morgan fingerprint density at radius 1 is 0.960 bits per heavy atom. The monoisotopic (exact) mass is 686 g/mol. The van der Waals surface area contributed by atoms with E-state index in [9.17, 15) is 4.79 Å². The third kappa shape index (κ3) is 7.99. The SMILES string of the molecule is COCOc1ccccc1-c1cc(N2CCC3(CC2)CN(CCOC2CC4(CCN(C(=O)OCc5ccccc5)CC4)C2)CCO3)c(N)nn1. The van der Waals surface area contributed by atoms with Crippen LogP contribution in [0.2, 0.25) is 0 Å². The number of para-hydroxylation sites is 1. The molecule has 268 valence electrons. The number of likely N-dealkylation sites (tertiary alicyclic amines) is 1. The number of hydrogen-bond acceptors (Lipinski definition) is 11. The van der Waals surface area contributed by atoms with Crippen LogP contribution in [0.5, 0.6) is 5.75 Å². The Balaban J connectivity index is 0.833. The van der Waals surface area contributed by atoms with Crippen molar-refractivity contribution < 1.29 is 28.5 Å². The van der Waals surface area contributed by atoms with Crippen LogP contribution in [0.1, 0.15) is 44.1 Å². The average Bonchev–Trinajstić information content (AvgIpc) is 3.14. The number of nitrogen functional groups attached to an aromatic ring is 1. The normalized spacial score (nSPS) is 20.5. The van der Waals surface area contributed by atoms with Gasteiger partial charge in [0.15, 0.2) is 12.6 Å². The second kappa shape index (κ2) is 15.5. The molecule has 0 radical (unpaired) electrons. The lowest BCUT2D eigenvalue weighted by atomic mass is 9.61. The van der Waals surface area contributed by atoms with Crippen molar-refractivity contribution in [3.05, 3.63) is 66.2 Å². The highest BCUT2D eigenvalue weighted by atomic mass is 16.7. The van der Waals surface area contributed by atoms with Crippen molar-refractivity contribution in [3.63, 3.8) is 0 Å². The molecule has 12 heteroatoms. The van der Waals surface area contributed by atoms with Gasteiger partial charge in [0.1, 0.15) is 12.4 Å². The summed E-state index contributed by atoms with van der Waals surface area (Å²) in [6.07, 6.45) is 6.15. The molecule has 3 aromatic rings. The summed E-state index contributed by atoms with van der Waals surface area (Å²) in [7, 11) is 1.60. The molecule has 0 unspecified atom stereocenters. The second-order valence-corrected chi connectivity index (χ2v) is 14.3. The first-order valence-electron chi connectivity index (χ1n) is 18.0. The molecule has 3 saturated heterocycles. The third-order valence-corrected chi connectivity index (χ3v) is 11.0. The van der Waals surface area contributed by atoms with Crippen LogP contribution in [0.15, 0.2) is 60.7 Å². The van der Waals surface area contributed by atoms with Gasteiger partial charge in [-0.3, -0.25) is 4.90 Å². The summed E-state index contributed by atoms with van der Waals surface area (Å²) in [5.41, 5.74) is 9.97. The van der Waals surface area contributed by atoms with Crippen molar-refractivity contribution in [1.29, 1.82) is 0 Å². The van der Waals surface area contributed by atoms with Crippen molar-refractivity contribution in [3.8, 4) is 17.0 Å². The van der Waals surface area contributed by atoms with Gasteiger partial charge in [0, 0.05) is 58.5 Å². The summed E-state index contributed by atoms with van der Waals surface area (Å²) >= 11 is 0. The number of morpholine rings is 1. The second-order valence-electron chi connectivity index (χ2n) is 14.3. The lowest BCUT2D eigenvalue weighted by Crippen LogP contribution is -2.57. The summed E-state index contributed by atoms with van der Waals surface area (Å²) in [5, 5.41) is 8.69. The zero-order valence-electron chi connectivity index (χ0n) is 29.1. The average molecular weight is 687 g/mol. The maximum Gasteiger partial charge on any atom is 0.410 e. The van der Waals surface area contributed by atoms with Crippen molar-refractivity contribution >= 4 is 17.6 Å². The van der Waals surface area contributed by atoms with Crippen LogP contribution in [0.4, 0.5) is 16.3 Å². The molecular formula is C38H50N6O6. The highest BCUT2D eigenvalue weighted by Gasteiger charge is 2.47. The Kier molecular flexibility index (Phi) is 10.7. The number of piperidine rings is 2. The van der Waals surface area contributed by atoms with Crippen LogP contribution in [0, 0.1) is 5.41 Å². The Bertz CT molecular complexity index is 1570. The number of aromatic nitrogens is 2. The first-order chi connectivity index (χ1) is 24.4. The van der Waals surface area contributed by atoms with Crippen molar-refractivity contribution in [1.82, 2.24) is 20.0 Å². The van der Waals surface area contributed by atoms with Gasteiger partial charge < -0.3 is 39.2 Å². The molecule has 1 aromatic heterocycles. The fourth-order valence-electron chi connectivity index (χ4n) is 8.03. The number of hydrogen-bond donors (Lipinski definition) is 1. The Morgan fingerprint density at radius 3 is 2.50 bits per heavy atom. The molecule has 12 nitrogen and oxygen atoms in total. The van der Waals surface area contributed by atoms with E-state index in [1.807, 2.05) is 65.6 Å². The number of carbonyl (C=O) groups is 1. The lowest BCUT2D eigenvalue weighted by Gasteiger charge is -2.52. The van der Waals surface area contributed by atoms with Crippen LogP contribution in [-0.2, 0) is 25.6 Å². The number of anilines is 2. The lowest BCUT2D eigenvalue weighted by molar-refractivity contribution is -0.134. The Hall–Kier alpha value is -3.97. The molecule has 1 saturated carbocycles. The number of methoxy groups -OCH3 is 1. The molecular weight excluding hydrogens is 636 g/mol. The van der Waals surface area contributed by atoms with Gasteiger partial charge in [0.05, 0.1) is 36.3 Å². The fourth-order valence-corrected chi connectivity index (χ4v) is 8.03. The topological polar surface area (TPSA) is 125 Å². The van der Waals surface area contributed by atoms with Gasteiger partial charge in [-0.15, -0.1) is 10.2 Å². The smallest absolute Gasteiger partial charge is 0.410 e. The fraction of sp³-hybridized carbons (Fsp3) is 0.553. The number of nitrogens with two attached hydrogens (primary N) is 1. The van der Waals surface area contributed by atoms with E-state index in [0.717, 1.165) is 114 Å². The minimum Gasteiger partial charge on any atom is -0.467 e. The van der Waals surface area contributed by atoms with E-state index in [1.54, 1.807) is 7.11 Å². The highest BCUT2D eigenvalue weighted by Crippen LogP contribution is 2.50. The summed E-state index contributed by atoms with van der Waals surface area (Å²) in [4.78, 5) is 19.3. The summed E-state index contributed by atoms with van der Waals surface area (Å²) in [6, 6.07) is 19.6. The van der Waals surface area contributed by atoms with Crippen molar-refractivity contribution in [2.75, 3.05) is 83.6 Å². The van der Waals surface area contributed by atoms with E-state index < -0.39 is 0 Å². The molecule has 50 heavy (non-hydrogen) atoms. The quantitative estimate of drug-likeness (QED) is 0.275. The molecule has 3 aliphatic heterocycles. The van der Waals surface area contributed by atoms with E-state index in [2.05, 4.69) is 20.0 Å². The van der Waals surface area contributed by atoms with Gasteiger partial charge in [-0.05, 0) is 67.7 Å². The number of rotatable bonds is 11. The third-order valence-electron chi connectivity index (χ3n) is 11.0. The number of carbonyl (C=O) groups excluding carboxylic acids is 1. The van der Waals surface area contributed by atoms with Crippen LogP contribution in [-0.4, -0.2) is 111 Å². The Morgan fingerprint density at radius 2 is 1.72 bits per heavy atom. The summed E-state index contributed by atoms with van der Waals surface area (Å²) in [5.74, 6) is 1.11. The van der Waals surface area contributed by atoms with E-state index in [0.29, 0.717) is 35.4 Å². The molecule has 4 aliphatic rings. The van der Waals surface area contributed by atoms with E-state index in [-0.39, 0.29) is 18.5 Å². The van der Waals surface area contributed by atoms with E-state index in [1.165, 1.54) is 0 Å². The molecule has 2 aromatic carbocycles. The van der Waals surface area contributed by atoms with Gasteiger partial charge in [0.25, 0.3) is 0 Å². The predicted octanol–water partition coefficient (Wildman–Crippen LogP) is 4.98. The Labute approximate surface area is 294 Å². The maximum absolute atomic E-state index is 12.6. The van der Waals surface area contributed by atoms with Crippen molar-refractivity contribution in [2.45, 2.75) is 56.8 Å². The van der Waals surface area contributed by atoms with Crippen LogP contribution < -0.4 is 15.4 Å². The van der Waals surface area contributed by atoms with Gasteiger partial charge in [-0.25, -0.2) is 4.79 Å². The number of amides is 1. The van der Waals surface area contributed by atoms with Gasteiger partial charge in [-0.2, -0.15) is 0 Å². The number of nitrogens with zero attached hydrogens (tertiary/aromatic N) is 5. The number of benzene rings is 2. The predicted molar refractivity (Wildman–Crippen MR) is 190 cm³/mol. The first kappa shape index (κ1) is 34.5. The first-order valence-corrected chi connectivity index (χ1v) is 18.0. The molecule has 0 bridgehead atoms. The molecule has 0 atom stereocenters. The van der Waals surface area contributed by atoms with Gasteiger partial charge in [0.2, 0.25) is 0 Å². The molecule has 4 heterocycles. The van der Waals surface area contributed by atoms with Crippen LogP contribution in [0.25, 0.3) is 11.3 Å². The molecule has 2 N–H and O–H groups in total. The largest absolute Gasteiger partial charge is 0.467 e. The summed E-state index contributed by atoms with van der Waals surface area (Å²) < 4.78 is 29.3. The van der Waals surface area contributed by atoms with E-state index >= 15 is 0 Å². The van der Waals surface area contributed by atoms with Gasteiger partial charge in [-0.1, -0.05) is 42.5 Å². The molecule has 2 spiro atoms.